The molecule has 18 heavy (non-hydrogen) atoms. The quantitative estimate of drug-likeness (QED) is 0.881. The van der Waals surface area contributed by atoms with Gasteiger partial charge >= 0.3 is 0 Å². The summed E-state index contributed by atoms with van der Waals surface area (Å²) in [5.74, 6) is 3.16. The van der Waals surface area contributed by atoms with Crippen molar-refractivity contribution in [1.82, 2.24) is 19.8 Å². The van der Waals surface area contributed by atoms with Crippen LogP contribution in [0.3, 0.4) is 0 Å². The van der Waals surface area contributed by atoms with Gasteiger partial charge < -0.3 is 14.3 Å². The van der Waals surface area contributed by atoms with Gasteiger partial charge in [-0.15, -0.1) is 0 Å². The van der Waals surface area contributed by atoms with Gasteiger partial charge in [0.2, 0.25) is 0 Å². The van der Waals surface area contributed by atoms with Crippen LogP contribution in [0, 0.1) is 0 Å². The second kappa shape index (κ2) is 4.96. The zero-order valence-electron chi connectivity index (χ0n) is 10.6. The molecule has 3 rings (SSSR count). The molecule has 2 aromatic heterocycles. The predicted molar refractivity (Wildman–Crippen MR) is 67.8 cm³/mol. The van der Waals surface area contributed by atoms with Crippen molar-refractivity contribution in [2.75, 3.05) is 13.6 Å². The van der Waals surface area contributed by atoms with E-state index in [1.807, 2.05) is 25.5 Å². The van der Waals surface area contributed by atoms with Crippen molar-refractivity contribution in [2.24, 2.45) is 0 Å². The van der Waals surface area contributed by atoms with Crippen LogP contribution in [0.4, 0.5) is 0 Å². The van der Waals surface area contributed by atoms with Crippen LogP contribution < -0.4 is 5.32 Å². The molecule has 1 aliphatic heterocycles. The number of imidazole rings is 1. The maximum atomic E-state index is 5.76. The molecule has 3 heterocycles. The Morgan fingerprint density at radius 3 is 3.11 bits per heavy atom. The van der Waals surface area contributed by atoms with E-state index in [4.69, 9.17) is 4.42 Å². The molecule has 1 N–H and O–H groups in total. The van der Waals surface area contributed by atoms with Crippen LogP contribution in [-0.2, 0) is 26.2 Å². The molecule has 1 aliphatic rings. The van der Waals surface area contributed by atoms with Crippen molar-refractivity contribution >= 4 is 0 Å². The van der Waals surface area contributed by atoms with Crippen LogP contribution in [0.1, 0.15) is 17.3 Å². The molecule has 0 atom stereocenters. The third kappa shape index (κ3) is 2.32. The summed E-state index contributed by atoms with van der Waals surface area (Å²) in [5, 5.41) is 3.09. The van der Waals surface area contributed by atoms with Gasteiger partial charge in [0.15, 0.2) is 0 Å². The van der Waals surface area contributed by atoms with Crippen LogP contribution >= 0.6 is 0 Å². The molecule has 2 aromatic rings. The molecule has 5 nitrogen and oxygen atoms in total. The number of furan rings is 1. The molecule has 0 unspecified atom stereocenters. The average molecular weight is 246 g/mol. The maximum absolute atomic E-state index is 5.76. The molecule has 0 aromatic carbocycles. The Morgan fingerprint density at radius 1 is 1.33 bits per heavy atom. The molecule has 5 heteroatoms. The van der Waals surface area contributed by atoms with Gasteiger partial charge in [-0.1, -0.05) is 0 Å². The Hall–Kier alpha value is -1.59. The number of nitrogens with one attached hydrogen (secondary N) is 1. The molecule has 0 amide bonds. The molecule has 0 saturated carbocycles. The number of aromatic nitrogens is 2. The summed E-state index contributed by atoms with van der Waals surface area (Å²) in [6.45, 7) is 4.60. The number of hydrogen-bond acceptors (Lipinski definition) is 4. The van der Waals surface area contributed by atoms with Crippen LogP contribution in [0.5, 0.6) is 0 Å². The topological polar surface area (TPSA) is 46.2 Å². The SMILES string of the molecule is CNCc1ccc(CN2CCn3ccnc3C2)o1. The highest BCUT2D eigenvalue weighted by Crippen LogP contribution is 2.15. The first-order valence-corrected chi connectivity index (χ1v) is 6.30. The van der Waals surface area contributed by atoms with E-state index in [0.717, 1.165) is 50.1 Å². The second-order valence-corrected chi connectivity index (χ2v) is 4.65. The van der Waals surface area contributed by atoms with Gasteiger partial charge in [-0.05, 0) is 19.2 Å². The Balaban J connectivity index is 1.63. The Labute approximate surface area is 106 Å². The lowest BCUT2D eigenvalue weighted by Gasteiger charge is -2.26. The monoisotopic (exact) mass is 246 g/mol. The summed E-state index contributed by atoms with van der Waals surface area (Å²) in [6.07, 6.45) is 3.92. The highest BCUT2D eigenvalue weighted by Gasteiger charge is 2.17. The van der Waals surface area contributed by atoms with E-state index in [1.54, 1.807) is 0 Å². The van der Waals surface area contributed by atoms with Crippen molar-refractivity contribution in [3.8, 4) is 0 Å². The number of hydrogen-bond donors (Lipinski definition) is 1. The summed E-state index contributed by atoms with van der Waals surface area (Å²) >= 11 is 0. The lowest BCUT2D eigenvalue weighted by Crippen LogP contribution is -2.33. The summed E-state index contributed by atoms with van der Waals surface area (Å²) in [6, 6.07) is 4.10. The third-order valence-corrected chi connectivity index (χ3v) is 3.27. The highest BCUT2D eigenvalue weighted by molar-refractivity contribution is 5.07. The fraction of sp³-hybridized carbons (Fsp3) is 0.462. The summed E-state index contributed by atoms with van der Waals surface area (Å²) in [5.41, 5.74) is 0. The van der Waals surface area contributed by atoms with Gasteiger partial charge in [0.05, 0.1) is 19.6 Å². The van der Waals surface area contributed by atoms with Crippen molar-refractivity contribution in [1.29, 1.82) is 0 Å². The van der Waals surface area contributed by atoms with Crippen molar-refractivity contribution in [3.05, 3.63) is 41.9 Å². The molecule has 0 radical (unpaired) electrons. The van der Waals surface area contributed by atoms with Gasteiger partial charge in [-0.25, -0.2) is 4.98 Å². The Kier molecular flexibility index (Phi) is 3.17. The molecular formula is C13H18N4O. The zero-order chi connectivity index (χ0) is 12.4. The predicted octanol–water partition coefficient (Wildman–Crippen LogP) is 1.21. The van der Waals surface area contributed by atoms with E-state index in [-0.39, 0.29) is 0 Å². The van der Waals surface area contributed by atoms with Crippen molar-refractivity contribution < 1.29 is 4.42 Å². The average Bonchev–Trinajstić information content (AvgIpc) is 2.98. The number of fused-ring (bicyclic) bond motifs is 1. The van der Waals surface area contributed by atoms with Crippen LogP contribution in [0.2, 0.25) is 0 Å². The minimum atomic E-state index is 0.782. The van der Waals surface area contributed by atoms with Crippen molar-refractivity contribution in [2.45, 2.75) is 26.2 Å². The van der Waals surface area contributed by atoms with E-state index in [0.29, 0.717) is 0 Å². The van der Waals surface area contributed by atoms with E-state index < -0.39 is 0 Å². The molecule has 0 spiro atoms. The molecule has 0 bridgehead atoms. The molecule has 96 valence electrons. The summed E-state index contributed by atoms with van der Waals surface area (Å²) in [4.78, 5) is 6.73. The standard InChI is InChI=1S/C13H18N4O/c1-14-8-11-2-3-12(18-11)9-16-6-7-17-5-4-15-13(17)10-16/h2-5,14H,6-10H2,1H3. The largest absolute Gasteiger partial charge is 0.463 e. The van der Waals surface area contributed by atoms with Crippen LogP contribution in [0.15, 0.2) is 28.9 Å². The number of rotatable bonds is 4. The highest BCUT2D eigenvalue weighted by atomic mass is 16.3. The van der Waals surface area contributed by atoms with E-state index in [1.165, 1.54) is 0 Å². The van der Waals surface area contributed by atoms with E-state index in [9.17, 15) is 0 Å². The summed E-state index contributed by atoms with van der Waals surface area (Å²) < 4.78 is 7.98. The fourth-order valence-electron chi connectivity index (χ4n) is 2.36. The maximum Gasteiger partial charge on any atom is 0.122 e. The molecule has 0 fully saturated rings. The van der Waals surface area contributed by atoms with Gasteiger partial charge in [-0.3, -0.25) is 4.90 Å². The first-order valence-electron chi connectivity index (χ1n) is 6.30. The second-order valence-electron chi connectivity index (χ2n) is 4.65. The minimum absolute atomic E-state index is 0.782. The van der Waals surface area contributed by atoms with Gasteiger partial charge in [0.25, 0.3) is 0 Å². The Morgan fingerprint density at radius 2 is 2.22 bits per heavy atom. The van der Waals surface area contributed by atoms with Gasteiger partial charge in [0.1, 0.15) is 17.3 Å². The van der Waals surface area contributed by atoms with Gasteiger partial charge in [-0.2, -0.15) is 0 Å². The summed E-state index contributed by atoms with van der Waals surface area (Å²) in [7, 11) is 1.92. The molecule has 0 saturated heterocycles. The smallest absolute Gasteiger partial charge is 0.122 e. The molecular weight excluding hydrogens is 228 g/mol. The lowest BCUT2D eigenvalue weighted by atomic mass is 10.3. The Bertz CT molecular complexity index is 517. The van der Waals surface area contributed by atoms with Gasteiger partial charge in [0, 0.05) is 25.5 Å². The zero-order valence-corrected chi connectivity index (χ0v) is 10.6. The fourth-order valence-corrected chi connectivity index (χ4v) is 2.36. The van der Waals surface area contributed by atoms with Crippen molar-refractivity contribution in [3.63, 3.8) is 0 Å². The normalized spacial score (nSPS) is 15.8. The van der Waals surface area contributed by atoms with E-state index >= 15 is 0 Å². The van der Waals surface area contributed by atoms with E-state index in [2.05, 4.69) is 25.8 Å². The molecule has 0 aliphatic carbocycles. The lowest BCUT2D eigenvalue weighted by molar-refractivity contribution is 0.192. The van der Waals surface area contributed by atoms with Crippen LogP contribution in [0.25, 0.3) is 0 Å². The third-order valence-electron chi connectivity index (χ3n) is 3.27. The van der Waals surface area contributed by atoms with Crippen LogP contribution in [-0.4, -0.2) is 28.0 Å². The first-order chi connectivity index (χ1) is 8.85. The number of nitrogens with zero attached hydrogens (tertiary/aromatic N) is 3. The first kappa shape index (κ1) is 11.5. The minimum Gasteiger partial charge on any atom is -0.463 e.